The van der Waals surface area contributed by atoms with E-state index >= 15 is 0 Å². The first-order valence-corrected chi connectivity index (χ1v) is 14.2. The average Bonchev–Trinajstić information content (AvgIpc) is 3.39. The van der Waals surface area contributed by atoms with Gasteiger partial charge in [0, 0.05) is 21.5 Å². The summed E-state index contributed by atoms with van der Waals surface area (Å²) in [5.41, 5.74) is 9.38. The summed E-state index contributed by atoms with van der Waals surface area (Å²) in [6.45, 7) is 4.06. The third kappa shape index (κ3) is 6.98. The van der Waals surface area contributed by atoms with E-state index in [-0.39, 0.29) is 18.3 Å². The van der Waals surface area contributed by atoms with Crippen LogP contribution in [0.3, 0.4) is 0 Å². The number of primary amides is 1. The number of nitrogens with zero attached hydrogens (tertiary/aromatic N) is 1. The number of benzene rings is 2. The summed E-state index contributed by atoms with van der Waals surface area (Å²) in [6.07, 6.45) is 1.65. The summed E-state index contributed by atoms with van der Waals surface area (Å²) in [5.74, 6) is -3.07. The number of thiophene rings is 1. The van der Waals surface area contributed by atoms with Crippen molar-refractivity contribution in [2.45, 2.75) is 39.7 Å². The van der Waals surface area contributed by atoms with Crippen LogP contribution in [0.5, 0.6) is 0 Å². The van der Waals surface area contributed by atoms with Crippen molar-refractivity contribution in [3.63, 3.8) is 0 Å². The van der Waals surface area contributed by atoms with Crippen LogP contribution in [0.2, 0.25) is 0 Å². The normalized spacial score (nSPS) is 11.2. The molecule has 3 N–H and O–H groups in total. The SMILES string of the molecule is CC(C)Cc1nc(CCc2ccc(F)cc2)c(Br)c(-c2ccc(C(=O)NCc3ccc(F)c(F)c3)s2)c1C(N)=O. The third-order valence-corrected chi connectivity index (χ3v) is 8.16. The molecule has 0 atom stereocenters. The number of aromatic nitrogens is 1. The van der Waals surface area contributed by atoms with Crippen LogP contribution in [0.4, 0.5) is 13.2 Å². The smallest absolute Gasteiger partial charge is 0.261 e. The van der Waals surface area contributed by atoms with E-state index in [1.807, 2.05) is 13.8 Å². The highest BCUT2D eigenvalue weighted by molar-refractivity contribution is 9.10. The summed E-state index contributed by atoms with van der Waals surface area (Å²) in [6, 6.07) is 13.1. The Kier molecular flexibility index (Phi) is 9.42. The Morgan fingerprint density at radius 1 is 0.950 bits per heavy atom. The Balaban J connectivity index is 1.66. The number of carbonyl (C=O) groups is 2. The number of halogens is 4. The van der Waals surface area contributed by atoms with E-state index in [0.29, 0.717) is 55.9 Å². The first-order chi connectivity index (χ1) is 19.0. The molecule has 2 aromatic carbocycles. The van der Waals surface area contributed by atoms with Crippen LogP contribution in [0.15, 0.2) is 59.1 Å². The van der Waals surface area contributed by atoms with Crippen molar-refractivity contribution < 1.29 is 22.8 Å². The number of pyridine rings is 1. The van der Waals surface area contributed by atoms with Gasteiger partial charge in [-0.3, -0.25) is 14.6 Å². The van der Waals surface area contributed by atoms with E-state index in [1.54, 1.807) is 24.3 Å². The van der Waals surface area contributed by atoms with Crippen molar-refractivity contribution in [2.24, 2.45) is 11.7 Å². The van der Waals surface area contributed by atoms with Crippen LogP contribution in [-0.2, 0) is 25.8 Å². The molecule has 0 aliphatic rings. The molecule has 0 unspecified atom stereocenters. The minimum absolute atomic E-state index is 0.0147. The average molecular weight is 631 g/mol. The highest BCUT2D eigenvalue weighted by atomic mass is 79.9. The fourth-order valence-corrected chi connectivity index (χ4v) is 6.10. The van der Waals surface area contributed by atoms with Gasteiger partial charge in [-0.2, -0.15) is 0 Å². The van der Waals surface area contributed by atoms with Gasteiger partial charge >= 0.3 is 0 Å². The van der Waals surface area contributed by atoms with Crippen LogP contribution < -0.4 is 11.1 Å². The zero-order valence-corrected chi connectivity index (χ0v) is 24.3. The van der Waals surface area contributed by atoms with Crippen LogP contribution >= 0.6 is 27.3 Å². The zero-order chi connectivity index (χ0) is 29.0. The molecule has 0 aliphatic carbocycles. The number of aryl methyl sites for hydroxylation is 2. The number of hydrogen-bond donors (Lipinski definition) is 2. The Morgan fingerprint density at radius 2 is 1.65 bits per heavy atom. The van der Waals surface area contributed by atoms with Crippen molar-refractivity contribution in [1.82, 2.24) is 10.3 Å². The summed E-state index contributed by atoms with van der Waals surface area (Å²) in [7, 11) is 0. The van der Waals surface area contributed by atoms with Crippen LogP contribution in [0.1, 0.15) is 56.4 Å². The lowest BCUT2D eigenvalue weighted by atomic mass is 9.96. The molecule has 2 amide bonds. The number of rotatable bonds is 10. The lowest BCUT2D eigenvalue weighted by Gasteiger charge is -2.18. The molecule has 0 spiro atoms. The molecule has 208 valence electrons. The quantitative estimate of drug-likeness (QED) is 0.198. The molecule has 10 heteroatoms. The van der Waals surface area contributed by atoms with Crippen molar-refractivity contribution in [3.8, 4) is 10.4 Å². The van der Waals surface area contributed by atoms with E-state index in [0.717, 1.165) is 23.4 Å². The fraction of sp³-hybridized carbons (Fsp3) is 0.233. The van der Waals surface area contributed by atoms with Gasteiger partial charge in [0.2, 0.25) is 0 Å². The molecule has 0 aliphatic heterocycles. The molecular weight excluding hydrogens is 603 g/mol. The van der Waals surface area contributed by atoms with Gasteiger partial charge in [0.1, 0.15) is 5.82 Å². The van der Waals surface area contributed by atoms with Gasteiger partial charge in [-0.1, -0.05) is 32.0 Å². The number of amides is 2. The second kappa shape index (κ2) is 12.8. The van der Waals surface area contributed by atoms with Gasteiger partial charge in [0.05, 0.1) is 21.8 Å². The number of hydrogen-bond acceptors (Lipinski definition) is 4. The maximum Gasteiger partial charge on any atom is 0.261 e. The lowest BCUT2D eigenvalue weighted by Crippen LogP contribution is -2.21. The van der Waals surface area contributed by atoms with Crippen molar-refractivity contribution >= 4 is 39.1 Å². The first-order valence-electron chi connectivity index (χ1n) is 12.6. The minimum atomic E-state index is -0.987. The summed E-state index contributed by atoms with van der Waals surface area (Å²) in [5, 5.41) is 2.71. The van der Waals surface area contributed by atoms with Crippen molar-refractivity contribution in [1.29, 1.82) is 0 Å². The van der Waals surface area contributed by atoms with E-state index in [1.165, 1.54) is 29.5 Å². The molecule has 40 heavy (non-hydrogen) atoms. The molecule has 4 aromatic rings. The Hall–Kier alpha value is -3.50. The highest BCUT2D eigenvalue weighted by Gasteiger charge is 2.25. The molecule has 0 saturated carbocycles. The molecule has 0 radical (unpaired) electrons. The van der Waals surface area contributed by atoms with E-state index < -0.39 is 23.4 Å². The number of nitrogens with one attached hydrogen (secondary N) is 1. The maximum absolute atomic E-state index is 13.5. The van der Waals surface area contributed by atoms with Gasteiger partial charge in [-0.15, -0.1) is 11.3 Å². The van der Waals surface area contributed by atoms with E-state index in [2.05, 4.69) is 21.2 Å². The molecular formula is C30H27BrF3N3O2S. The predicted octanol–water partition coefficient (Wildman–Crippen LogP) is 7.00. The standard InChI is InChI=1S/C30H27BrF3N3O2S/c1-16(2)13-23-26(29(35)38)27(28(31)22(37-23)10-6-17-3-7-19(32)8-4-17)24-11-12-25(40-24)30(39)36-15-18-5-9-20(33)21(34)14-18/h3-5,7-9,11-12,14,16H,6,10,13,15H2,1-2H3,(H2,35,38)(H,36,39). The van der Waals surface area contributed by atoms with Gasteiger partial charge in [0.25, 0.3) is 11.8 Å². The third-order valence-electron chi connectivity index (χ3n) is 6.21. The van der Waals surface area contributed by atoms with Gasteiger partial charge in [-0.05, 0) is 88.6 Å². The molecule has 2 aromatic heterocycles. The van der Waals surface area contributed by atoms with Gasteiger partial charge < -0.3 is 11.1 Å². The van der Waals surface area contributed by atoms with Crippen molar-refractivity contribution in [3.05, 3.63) is 109 Å². The first kappa shape index (κ1) is 29.5. The zero-order valence-electron chi connectivity index (χ0n) is 21.9. The number of carbonyl (C=O) groups excluding carboxylic acids is 2. The lowest BCUT2D eigenvalue weighted by molar-refractivity contribution is 0.0953. The summed E-state index contributed by atoms with van der Waals surface area (Å²) in [4.78, 5) is 31.4. The van der Waals surface area contributed by atoms with Crippen molar-refractivity contribution in [2.75, 3.05) is 0 Å². The van der Waals surface area contributed by atoms with E-state index in [9.17, 15) is 22.8 Å². The van der Waals surface area contributed by atoms with Crippen LogP contribution in [-0.4, -0.2) is 16.8 Å². The van der Waals surface area contributed by atoms with Gasteiger partial charge in [-0.25, -0.2) is 13.2 Å². The van der Waals surface area contributed by atoms with Gasteiger partial charge in [0.15, 0.2) is 11.6 Å². The predicted molar refractivity (Wildman–Crippen MR) is 154 cm³/mol. The molecule has 4 rings (SSSR count). The minimum Gasteiger partial charge on any atom is -0.366 e. The van der Waals surface area contributed by atoms with E-state index in [4.69, 9.17) is 10.7 Å². The highest BCUT2D eigenvalue weighted by Crippen LogP contribution is 2.40. The molecule has 0 bridgehead atoms. The molecule has 5 nitrogen and oxygen atoms in total. The second-order valence-electron chi connectivity index (χ2n) is 9.75. The topological polar surface area (TPSA) is 85.1 Å². The molecule has 0 fully saturated rings. The second-order valence-corrected chi connectivity index (χ2v) is 11.6. The maximum atomic E-state index is 13.5. The Bertz CT molecular complexity index is 1550. The number of nitrogens with two attached hydrogens (primary N) is 1. The Morgan fingerprint density at radius 3 is 2.30 bits per heavy atom. The molecule has 2 heterocycles. The fourth-order valence-electron chi connectivity index (χ4n) is 4.29. The molecule has 0 saturated heterocycles. The monoisotopic (exact) mass is 629 g/mol. The summed E-state index contributed by atoms with van der Waals surface area (Å²) >= 11 is 4.83. The Labute approximate surface area is 242 Å². The van der Waals surface area contributed by atoms with Crippen LogP contribution in [0.25, 0.3) is 10.4 Å². The van der Waals surface area contributed by atoms with Crippen LogP contribution in [0, 0.1) is 23.4 Å². The summed E-state index contributed by atoms with van der Waals surface area (Å²) < 4.78 is 40.7. The largest absolute Gasteiger partial charge is 0.366 e.